The maximum Gasteiger partial charge on any atom is 0.193 e. The molecule has 80 valence electrons. The summed E-state index contributed by atoms with van der Waals surface area (Å²) in [5, 5.41) is 23.4. The van der Waals surface area contributed by atoms with Gasteiger partial charge >= 0.3 is 0 Å². The van der Waals surface area contributed by atoms with Gasteiger partial charge in [0.05, 0.1) is 25.2 Å². The average molecular weight is 214 g/mol. The Morgan fingerprint density at radius 2 is 2.12 bits per heavy atom. The van der Waals surface area contributed by atoms with Crippen LogP contribution in [0.1, 0.15) is 11.4 Å². The van der Waals surface area contributed by atoms with E-state index in [0.29, 0.717) is 17.9 Å². The van der Waals surface area contributed by atoms with Crippen LogP contribution in [0.15, 0.2) is 24.3 Å². The van der Waals surface area contributed by atoms with Crippen molar-refractivity contribution in [3.05, 3.63) is 35.7 Å². The summed E-state index contributed by atoms with van der Waals surface area (Å²) in [6.45, 7) is 0.514. The fourth-order valence-corrected chi connectivity index (χ4v) is 1.24. The Balaban J connectivity index is 1.97. The minimum Gasteiger partial charge on any atom is -0.378 e. The van der Waals surface area contributed by atoms with Crippen molar-refractivity contribution in [3.63, 3.8) is 0 Å². The Kier molecular flexibility index (Phi) is 2.78. The minimum absolute atomic E-state index is 0.514. The van der Waals surface area contributed by atoms with Gasteiger partial charge < -0.3 is 5.32 Å². The number of hydrogen-bond donors (Lipinski definition) is 1. The number of tetrazole rings is 1. The van der Waals surface area contributed by atoms with Gasteiger partial charge in [-0.15, -0.1) is 10.2 Å². The van der Waals surface area contributed by atoms with E-state index in [1.807, 2.05) is 12.1 Å². The topological polar surface area (TPSA) is 79.4 Å². The van der Waals surface area contributed by atoms with E-state index in [2.05, 4.69) is 26.8 Å². The van der Waals surface area contributed by atoms with E-state index in [1.165, 1.54) is 4.80 Å². The molecule has 0 bridgehead atoms. The summed E-state index contributed by atoms with van der Waals surface area (Å²) in [4.78, 5) is 1.41. The third-order valence-corrected chi connectivity index (χ3v) is 2.01. The molecule has 2 rings (SSSR count). The molecule has 1 aromatic carbocycles. The van der Waals surface area contributed by atoms with Gasteiger partial charge in [-0.3, -0.25) is 0 Å². The van der Waals surface area contributed by atoms with E-state index in [-0.39, 0.29) is 0 Å². The van der Waals surface area contributed by atoms with Crippen molar-refractivity contribution >= 4 is 5.69 Å². The number of aromatic nitrogens is 4. The van der Waals surface area contributed by atoms with Crippen LogP contribution in [0.25, 0.3) is 0 Å². The predicted octanol–water partition coefficient (Wildman–Crippen LogP) is 0.694. The van der Waals surface area contributed by atoms with E-state index in [4.69, 9.17) is 5.26 Å². The van der Waals surface area contributed by atoms with Crippen molar-refractivity contribution in [3.8, 4) is 6.07 Å². The Bertz CT molecular complexity index is 507. The minimum atomic E-state index is 0.514. The van der Waals surface area contributed by atoms with Gasteiger partial charge in [-0.2, -0.15) is 10.1 Å². The molecule has 1 N–H and O–H groups in total. The van der Waals surface area contributed by atoms with Crippen molar-refractivity contribution < 1.29 is 0 Å². The molecule has 0 fully saturated rings. The lowest BCUT2D eigenvalue weighted by Gasteiger charge is -2.02. The summed E-state index contributed by atoms with van der Waals surface area (Å²) in [5.74, 6) is 0.631. The van der Waals surface area contributed by atoms with Crippen molar-refractivity contribution in [2.45, 2.75) is 6.54 Å². The lowest BCUT2D eigenvalue weighted by molar-refractivity contribution is 0.628. The highest BCUT2D eigenvalue weighted by Gasteiger charge is 1.99. The molecule has 0 amide bonds. The highest BCUT2D eigenvalue weighted by molar-refractivity contribution is 5.47. The van der Waals surface area contributed by atoms with Crippen molar-refractivity contribution in [1.29, 1.82) is 5.26 Å². The molecule has 0 saturated heterocycles. The molecule has 0 saturated carbocycles. The molecule has 1 heterocycles. The van der Waals surface area contributed by atoms with Gasteiger partial charge in [0.15, 0.2) is 5.82 Å². The fraction of sp³-hybridized carbons (Fsp3) is 0.200. The molecule has 0 aliphatic rings. The Morgan fingerprint density at radius 1 is 1.38 bits per heavy atom. The monoisotopic (exact) mass is 214 g/mol. The highest BCUT2D eigenvalue weighted by Crippen LogP contribution is 2.09. The summed E-state index contributed by atoms with van der Waals surface area (Å²) in [5.41, 5.74) is 1.56. The number of nitrogens with one attached hydrogen (secondary N) is 1. The molecular formula is C10H10N6. The van der Waals surface area contributed by atoms with Crippen molar-refractivity contribution in [2.24, 2.45) is 7.05 Å². The molecule has 1 aromatic heterocycles. The number of anilines is 1. The van der Waals surface area contributed by atoms with Crippen molar-refractivity contribution in [2.75, 3.05) is 5.32 Å². The number of nitriles is 1. The van der Waals surface area contributed by atoms with Crippen LogP contribution in [-0.2, 0) is 13.6 Å². The number of aryl methyl sites for hydroxylation is 1. The summed E-state index contributed by atoms with van der Waals surface area (Å²) in [6.07, 6.45) is 0. The largest absolute Gasteiger partial charge is 0.378 e. The summed E-state index contributed by atoms with van der Waals surface area (Å²) in [7, 11) is 1.72. The van der Waals surface area contributed by atoms with Crippen LogP contribution in [0.5, 0.6) is 0 Å². The molecule has 0 radical (unpaired) electrons. The average Bonchev–Trinajstić information content (AvgIpc) is 2.73. The first-order chi connectivity index (χ1) is 7.78. The van der Waals surface area contributed by atoms with Crippen LogP contribution in [0, 0.1) is 11.3 Å². The van der Waals surface area contributed by atoms with Gasteiger partial charge in [0, 0.05) is 5.69 Å². The molecule has 0 aliphatic carbocycles. The zero-order valence-electron chi connectivity index (χ0n) is 8.75. The van der Waals surface area contributed by atoms with Crippen LogP contribution >= 0.6 is 0 Å². The first-order valence-electron chi connectivity index (χ1n) is 4.75. The zero-order chi connectivity index (χ0) is 11.4. The second-order valence-corrected chi connectivity index (χ2v) is 3.24. The number of hydrogen-bond acceptors (Lipinski definition) is 5. The van der Waals surface area contributed by atoms with E-state index >= 15 is 0 Å². The third-order valence-electron chi connectivity index (χ3n) is 2.01. The predicted molar refractivity (Wildman–Crippen MR) is 57.3 cm³/mol. The lowest BCUT2D eigenvalue weighted by atomic mass is 10.2. The van der Waals surface area contributed by atoms with Crippen LogP contribution in [0.2, 0.25) is 0 Å². The summed E-state index contributed by atoms with van der Waals surface area (Å²) >= 11 is 0. The van der Waals surface area contributed by atoms with E-state index in [1.54, 1.807) is 19.2 Å². The number of rotatable bonds is 3. The maximum absolute atomic E-state index is 8.64. The maximum atomic E-state index is 8.64. The van der Waals surface area contributed by atoms with Crippen LogP contribution in [0.3, 0.4) is 0 Å². The van der Waals surface area contributed by atoms with Gasteiger partial charge in [-0.25, -0.2) is 0 Å². The van der Waals surface area contributed by atoms with Crippen LogP contribution in [-0.4, -0.2) is 20.2 Å². The molecule has 6 nitrogen and oxygen atoms in total. The first kappa shape index (κ1) is 10.1. The van der Waals surface area contributed by atoms with Crippen molar-refractivity contribution in [1.82, 2.24) is 20.2 Å². The zero-order valence-corrected chi connectivity index (χ0v) is 8.75. The standard InChI is InChI=1S/C10H10N6/c1-16-14-10(13-15-16)7-12-9-4-2-8(6-11)3-5-9/h2-5,12H,7H2,1H3. The highest BCUT2D eigenvalue weighted by atomic mass is 15.6. The van der Waals surface area contributed by atoms with E-state index in [0.717, 1.165) is 5.69 Å². The quantitative estimate of drug-likeness (QED) is 0.813. The molecule has 0 atom stereocenters. The molecule has 0 aliphatic heterocycles. The smallest absolute Gasteiger partial charge is 0.193 e. The fourth-order valence-electron chi connectivity index (χ4n) is 1.24. The number of nitrogens with zero attached hydrogens (tertiary/aromatic N) is 5. The molecule has 2 aromatic rings. The van der Waals surface area contributed by atoms with E-state index in [9.17, 15) is 0 Å². The Labute approximate surface area is 92.5 Å². The SMILES string of the molecule is Cn1nnc(CNc2ccc(C#N)cc2)n1. The van der Waals surface area contributed by atoms with E-state index < -0.39 is 0 Å². The molecule has 0 spiro atoms. The molecule has 0 unspecified atom stereocenters. The van der Waals surface area contributed by atoms with Gasteiger partial charge in [0.1, 0.15) is 0 Å². The van der Waals surface area contributed by atoms with Gasteiger partial charge in [-0.05, 0) is 29.5 Å². The van der Waals surface area contributed by atoms with Gasteiger partial charge in [-0.1, -0.05) is 0 Å². The third kappa shape index (κ3) is 2.33. The molecule has 16 heavy (non-hydrogen) atoms. The van der Waals surface area contributed by atoms with Crippen LogP contribution in [0.4, 0.5) is 5.69 Å². The second kappa shape index (κ2) is 4.40. The molecule has 6 heteroatoms. The number of benzene rings is 1. The normalized spacial score (nSPS) is 9.75. The summed E-state index contributed by atoms with van der Waals surface area (Å²) in [6, 6.07) is 9.26. The first-order valence-corrected chi connectivity index (χ1v) is 4.75. The summed E-state index contributed by atoms with van der Waals surface area (Å²) < 4.78 is 0. The lowest BCUT2D eigenvalue weighted by Crippen LogP contribution is -2.02. The van der Waals surface area contributed by atoms with Crippen LogP contribution < -0.4 is 5.32 Å². The van der Waals surface area contributed by atoms with Gasteiger partial charge in [0.2, 0.25) is 0 Å². The second-order valence-electron chi connectivity index (χ2n) is 3.24. The Hall–Kier alpha value is -2.42. The molecular weight excluding hydrogens is 204 g/mol. The Morgan fingerprint density at radius 3 is 2.69 bits per heavy atom. The van der Waals surface area contributed by atoms with Gasteiger partial charge in [0.25, 0.3) is 0 Å².